The van der Waals surface area contributed by atoms with Crippen molar-refractivity contribution < 1.29 is 23.5 Å². The molecule has 4 heterocycles. The number of rotatable bonds is 6. The second-order valence-electron chi connectivity index (χ2n) is 8.80. The van der Waals surface area contributed by atoms with Crippen LogP contribution in [0.15, 0.2) is 87.2 Å². The molecular weight excluding hydrogens is 526 g/mol. The van der Waals surface area contributed by atoms with E-state index in [-0.39, 0.29) is 29.1 Å². The van der Waals surface area contributed by atoms with Gasteiger partial charge in [0.05, 0.1) is 40.8 Å². The summed E-state index contributed by atoms with van der Waals surface area (Å²) in [5.41, 5.74) is 1.06. The number of carbonyl (C=O) groups is 3. The van der Waals surface area contributed by atoms with Crippen LogP contribution in [0.3, 0.4) is 0 Å². The zero-order chi connectivity index (χ0) is 26.4. The second kappa shape index (κ2) is 9.66. The lowest BCUT2D eigenvalue weighted by Gasteiger charge is -2.29. The van der Waals surface area contributed by atoms with Gasteiger partial charge in [-0.25, -0.2) is 4.90 Å². The van der Waals surface area contributed by atoms with Gasteiger partial charge in [0.15, 0.2) is 0 Å². The number of aromatic nitrogens is 1. The van der Waals surface area contributed by atoms with Crippen LogP contribution in [-0.2, 0) is 20.9 Å². The Morgan fingerprint density at radius 2 is 1.76 bits per heavy atom. The number of hydrogen-bond donors (Lipinski definition) is 1. The average Bonchev–Trinajstić information content (AvgIpc) is 3.62. The minimum absolute atomic E-state index is 0.223. The van der Waals surface area contributed by atoms with Crippen molar-refractivity contribution in [2.75, 3.05) is 17.3 Å². The third kappa shape index (κ3) is 4.04. The summed E-state index contributed by atoms with van der Waals surface area (Å²) in [6.07, 6.45) is 1.50. The fourth-order valence-corrected chi connectivity index (χ4v) is 7.63. The van der Waals surface area contributed by atoms with E-state index in [1.807, 2.05) is 6.07 Å². The number of ether oxygens (including phenoxy) is 1. The van der Waals surface area contributed by atoms with Crippen molar-refractivity contribution in [2.45, 2.75) is 22.7 Å². The number of nitrogens with one attached hydrogen (secondary N) is 1. The molecule has 0 spiro atoms. The quantitative estimate of drug-likeness (QED) is 0.364. The normalized spacial score (nSPS) is 20.2. The number of imide groups is 1. The van der Waals surface area contributed by atoms with Crippen LogP contribution in [0, 0.1) is 5.92 Å². The number of carbonyl (C=O) groups excluding carboxylic acids is 3. The molecule has 1 saturated heterocycles. The standard InChI is InChI=1S/C27H21N3O6S2/c1-35-17-11-9-16(10-12-17)30-24(32)21-20(18-8-5-13-36-18)23-26(37-22(21)25(30)33)29(27(34)38-23)14-19(31)28-15-6-3-2-4-7-15/h2-13,20-22H,14H2,1H3,(H,28,31)/t20-,21-,22+/m0/s1. The highest BCUT2D eigenvalue weighted by Gasteiger charge is 2.57. The fourth-order valence-electron chi connectivity index (χ4n) is 4.88. The molecule has 0 bridgehead atoms. The van der Waals surface area contributed by atoms with E-state index < -0.39 is 17.1 Å². The van der Waals surface area contributed by atoms with Crippen molar-refractivity contribution in [3.63, 3.8) is 0 Å². The first-order valence-electron chi connectivity index (χ1n) is 11.8. The highest BCUT2D eigenvalue weighted by Crippen LogP contribution is 2.54. The zero-order valence-electron chi connectivity index (χ0n) is 20.0. The van der Waals surface area contributed by atoms with Crippen LogP contribution in [0.5, 0.6) is 5.75 Å². The Kier molecular flexibility index (Phi) is 6.16. The molecule has 4 aromatic rings. The van der Waals surface area contributed by atoms with Crippen LogP contribution >= 0.6 is 23.1 Å². The molecule has 1 N–H and O–H groups in total. The number of benzene rings is 2. The number of methoxy groups -OCH3 is 1. The molecular formula is C27H21N3O6S2. The van der Waals surface area contributed by atoms with Gasteiger partial charge in [-0.05, 0) is 48.5 Å². The highest BCUT2D eigenvalue weighted by molar-refractivity contribution is 8.00. The van der Waals surface area contributed by atoms with Gasteiger partial charge in [-0.1, -0.05) is 41.3 Å². The van der Waals surface area contributed by atoms with E-state index >= 15 is 0 Å². The van der Waals surface area contributed by atoms with Crippen LogP contribution in [0.4, 0.5) is 11.4 Å². The van der Waals surface area contributed by atoms with Crippen molar-refractivity contribution in [1.29, 1.82) is 0 Å². The van der Waals surface area contributed by atoms with E-state index in [4.69, 9.17) is 9.15 Å². The van der Waals surface area contributed by atoms with Gasteiger partial charge in [0, 0.05) is 5.69 Å². The van der Waals surface area contributed by atoms with Crippen LogP contribution in [0.1, 0.15) is 16.6 Å². The third-order valence-electron chi connectivity index (χ3n) is 6.59. The Labute approximate surface area is 225 Å². The Morgan fingerprint density at radius 3 is 2.45 bits per heavy atom. The highest BCUT2D eigenvalue weighted by atomic mass is 32.2. The molecule has 2 aliphatic rings. The summed E-state index contributed by atoms with van der Waals surface area (Å²) in [5.74, 6) is -1.42. The summed E-state index contributed by atoms with van der Waals surface area (Å²) in [6, 6.07) is 19.1. The van der Waals surface area contributed by atoms with Crippen molar-refractivity contribution in [2.24, 2.45) is 5.92 Å². The van der Waals surface area contributed by atoms with Gasteiger partial charge in [0.25, 0.3) is 0 Å². The fraction of sp³-hybridized carbons (Fsp3) is 0.185. The Hall–Kier alpha value is -4.09. The van der Waals surface area contributed by atoms with Gasteiger partial charge in [-0.3, -0.25) is 23.7 Å². The van der Waals surface area contributed by atoms with Crippen LogP contribution in [0.2, 0.25) is 0 Å². The summed E-state index contributed by atoms with van der Waals surface area (Å²) in [5, 5.41) is 2.51. The number of thiazole rings is 1. The summed E-state index contributed by atoms with van der Waals surface area (Å²) in [7, 11) is 1.54. The topological polar surface area (TPSA) is 111 Å². The van der Waals surface area contributed by atoms with Crippen LogP contribution in [0.25, 0.3) is 0 Å². The maximum atomic E-state index is 13.8. The molecule has 0 saturated carbocycles. The Balaban J connectivity index is 1.38. The molecule has 38 heavy (non-hydrogen) atoms. The van der Waals surface area contributed by atoms with Gasteiger partial charge >= 0.3 is 4.87 Å². The minimum Gasteiger partial charge on any atom is -0.497 e. The van der Waals surface area contributed by atoms with Crippen molar-refractivity contribution in [3.05, 3.63) is 93.3 Å². The summed E-state index contributed by atoms with van der Waals surface area (Å²) >= 11 is 2.13. The molecule has 3 atom stereocenters. The van der Waals surface area contributed by atoms with Crippen molar-refractivity contribution in [1.82, 2.24) is 4.57 Å². The van der Waals surface area contributed by atoms with E-state index in [1.165, 1.54) is 15.7 Å². The Bertz CT molecular complexity index is 1580. The van der Waals surface area contributed by atoms with Crippen molar-refractivity contribution >= 4 is 52.2 Å². The number of para-hydroxylation sites is 1. The second-order valence-corrected chi connectivity index (χ2v) is 10.9. The molecule has 192 valence electrons. The maximum absolute atomic E-state index is 13.8. The number of nitrogens with zero attached hydrogens (tertiary/aromatic N) is 2. The van der Waals surface area contributed by atoms with E-state index in [2.05, 4.69) is 5.32 Å². The molecule has 9 nitrogen and oxygen atoms in total. The zero-order valence-corrected chi connectivity index (χ0v) is 21.7. The molecule has 0 unspecified atom stereocenters. The Morgan fingerprint density at radius 1 is 1.00 bits per heavy atom. The molecule has 6 rings (SSSR count). The SMILES string of the molecule is COc1ccc(N2C(=O)[C@H]3[C@H](c4ccco4)c4sc(=O)n(CC(=O)Nc5ccccc5)c4S[C@H]3C2=O)cc1. The van der Waals surface area contributed by atoms with Gasteiger partial charge in [-0.15, -0.1) is 0 Å². The predicted molar refractivity (Wildman–Crippen MR) is 143 cm³/mol. The monoisotopic (exact) mass is 547 g/mol. The largest absolute Gasteiger partial charge is 0.497 e. The molecule has 2 aliphatic heterocycles. The van der Waals surface area contributed by atoms with Crippen LogP contribution < -0.4 is 19.8 Å². The van der Waals surface area contributed by atoms with Gasteiger partial charge in [0.1, 0.15) is 23.3 Å². The lowest BCUT2D eigenvalue weighted by Crippen LogP contribution is -2.32. The first-order valence-corrected chi connectivity index (χ1v) is 13.5. The lowest BCUT2D eigenvalue weighted by molar-refractivity contribution is -0.122. The molecule has 3 amide bonds. The third-order valence-corrected chi connectivity index (χ3v) is 9.19. The van der Waals surface area contributed by atoms with Gasteiger partial charge in [-0.2, -0.15) is 0 Å². The lowest BCUT2D eigenvalue weighted by atomic mass is 9.87. The molecule has 0 radical (unpaired) electrons. The summed E-state index contributed by atoms with van der Waals surface area (Å²) in [4.78, 5) is 54.8. The first kappa shape index (κ1) is 24.3. The molecule has 1 fully saturated rings. The van der Waals surface area contributed by atoms with Gasteiger partial charge in [0.2, 0.25) is 17.7 Å². The molecule has 2 aromatic carbocycles. The summed E-state index contributed by atoms with van der Waals surface area (Å²) in [6.45, 7) is -0.223. The molecule has 2 aromatic heterocycles. The molecule has 0 aliphatic carbocycles. The number of hydrogen-bond acceptors (Lipinski definition) is 8. The summed E-state index contributed by atoms with van der Waals surface area (Å²) < 4.78 is 12.3. The number of thioether (sulfide) groups is 1. The minimum atomic E-state index is -0.787. The number of amides is 3. The van der Waals surface area contributed by atoms with E-state index in [0.29, 0.717) is 32.8 Å². The smallest absolute Gasteiger partial charge is 0.308 e. The van der Waals surface area contributed by atoms with Gasteiger partial charge < -0.3 is 14.5 Å². The van der Waals surface area contributed by atoms with E-state index in [1.54, 1.807) is 67.8 Å². The number of fused-ring (bicyclic) bond motifs is 2. The first-order chi connectivity index (χ1) is 18.5. The van der Waals surface area contributed by atoms with E-state index in [0.717, 1.165) is 23.1 Å². The van der Waals surface area contributed by atoms with Crippen LogP contribution in [-0.4, -0.2) is 34.6 Å². The average molecular weight is 548 g/mol. The predicted octanol–water partition coefficient (Wildman–Crippen LogP) is 3.95. The molecule has 11 heteroatoms. The number of anilines is 2. The van der Waals surface area contributed by atoms with E-state index in [9.17, 15) is 19.2 Å². The maximum Gasteiger partial charge on any atom is 0.308 e. The number of furan rings is 1. The van der Waals surface area contributed by atoms with Crippen molar-refractivity contribution in [3.8, 4) is 5.75 Å².